The van der Waals surface area contributed by atoms with Gasteiger partial charge < -0.3 is 4.74 Å². The van der Waals surface area contributed by atoms with Crippen molar-refractivity contribution in [1.29, 1.82) is 0 Å². The summed E-state index contributed by atoms with van der Waals surface area (Å²) in [6, 6.07) is 0. The SMILES string of the molecule is CC1CC(=O)CC2OC12C. The number of hydrogen-bond donors (Lipinski definition) is 0. The standard InChI is InChI=1S/C8H12O2/c1-5-3-6(9)4-7-8(5,2)10-7/h5,7H,3-4H2,1-2H3. The van der Waals surface area contributed by atoms with Crippen LogP contribution >= 0.6 is 0 Å². The fourth-order valence-electron chi connectivity index (χ4n) is 1.78. The van der Waals surface area contributed by atoms with Crippen molar-refractivity contribution < 1.29 is 9.53 Å². The molecular weight excluding hydrogens is 128 g/mol. The van der Waals surface area contributed by atoms with Crippen LogP contribution in [0.2, 0.25) is 0 Å². The zero-order valence-electron chi connectivity index (χ0n) is 6.39. The van der Waals surface area contributed by atoms with Gasteiger partial charge in [0.2, 0.25) is 0 Å². The quantitative estimate of drug-likeness (QED) is 0.472. The molecule has 10 heavy (non-hydrogen) atoms. The monoisotopic (exact) mass is 140 g/mol. The van der Waals surface area contributed by atoms with Crippen molar-refractivity contribution in [3.8, 4) is 0 Å². The van der Waals surface area contributed by atoms with Gasteiger partial charge in [-0.05, 0) is 12.8 Å². The molecule has 1 aliphatic heterocycles. The molecule has 0 radical (unpaired) electrons. The van der Waals surface area contributed by atoms with E-state index >= 15 is 0 Å². The molecule has 0 spiro atoms. The van der Waals surface area contributed by atoms with E-state index in [0.29, 0.717) is 24.5 Å². The first-order chi connectivity index (χ1) is 4.63. The van der Waals surface area contributed by atoms with Gasteiger partial charge in [0.1, 0.15) is 5.78 Å². The molecule has 3 unspecified atom stereocenters. The van der Waals surface area contributed by atoms with E-state index in [9.17, 15) is 4.79 Å². The van der Waals surface area contributed by atoms with Gasteiger partial charge in [-0.2, -0.15) is 0 Å². The Bertz CT molecular complexity index is 188. The number of hydrogen-bond acceptors (Lipinski definition) is 2. The van der Waals surface area contributed by atoms with Crippen LogP contribution in [0.4, 0.5) is 0 Å². The number of carbonyl (C=O) groups is 1. The Morgan fingerprint density at radius 1 is 1.60 bits per heavy atom. The lowest BCUT2D eigenvalue weighted by molar-refractivity contribution is -0.121. The van der Waals surface area contributed by atoms with E-state index in [1.54, 1.807) is 0 Å². The summed E-state index contributed by atoms with van der Waals surface area (Å²) >= 11 is 0. The van der Waals surface area contributed by atoms with Crippen LogP contribution in [0.25, 0.3) is 0 Å². The molecule has 2 heteroatoms. The van der Waals surface area contributed by atoms with Crippen LogP contribution in [0.5, 0.6) is 0 Å². The molecule has 0 aromatic carbocycles. The van der Waals surface area contributed by atoms with Crippen molar-refractivity contribution in [2.45, 2.75) is 38.4 Å². The minimum absolute atomic E-state index is 0.0634. The van der Waals surface area contributed by atoms with E-state index in [1.165, 1.54) is 0 Å². The number of Topliss-reactive ketones (excluding diaryl/α,β-unsaturated/α-hetero) is 1. The molecule has 0 bridgehead atoms. The van der Waals surface area contributed by atoms with E-state index in [-0.39, 0.29) is 11.7 Å². The Kier molecular flexibility index (Phi) is 1.03. The topological polar surface area (TPSA) is 29.6 Å². The van der Waals surface area contributed by atoms with Gasteiger partial charge >= 0.3 is 0 Å². The number of carbonyl (C=O) groups excluding carboxylic acids is 1. The van der Waals surface area contributed by atoms with Crippen molar-refractivity contribution in [2.24, 2.45) is 5.92 Å². The minimum Gasteiger partial charge on any atom is -0.366 e. The Balaban J connectivity index is 2.16. The highest BCUT2D eigenvalue weighted by atomic mass is 16.6. The van der Waals surface area contributed by atoms with E-state index in [2.05, 4.69) is 13.8 Å². The summed E-state index contributed by atoms with van der Waals surface area (Å²) in [4.78, 5) is 11.0. The molecular formula is C8H12O2. The van der Waals surface area contributed by atoms with Crippen LogP contribution in [0.15, 0.2) is 0 Å². The number of fused-ring (bicyclic) bond motifs is 1. The molecule has 1 aliphatic carbocycles. The largest absolute Gasteiger partial charge is 0.366 e. The molecule has 2 nitrogen and oxygen atoms in total. The average Bonchev–Trinajstić information content (AvgIpc) is 2.42. The fraction of sp³-hybridized carbons (Fsp3) is 0.875. The number of epoxide rings is 1. The van der Waals surface area contributed by atoms with Crippen molar-refractivity contribution in [3.05, 3.63) is 0 Å². The predicted molar refractivity (Wildman–Crippen MR) is 36.7 cm³/mol. The van der Waals surface area contributed by atoms with Crippen molar-refractivity contribution in [2.75, 3.05) is 0 Å². The maximum atomic E-state index is 11.0. The first-order valence-corrected chi connectivity index (χ1v) is 3.82. The van der Waals surface area contributed by atoms with Gasteiger partial charge in [-0.3, -0.25) is 4.79 Å². The molecule has 2 aliphatic rings. The van der Waals surface area contributed by atoms with Gasteiger partial charge in [-0.15, -0.1) is 0 Å². The minimum atomic E-state index is 0.0634. The van der Waals surface area contributed by atoms with Crippen LogP contribution in [-0.2, 0) is 9.53 Å². The zero-order valence-corrected chi connectivity index (χ0v) is 6.39. The number of rotatable bonds is 0. The van der Waals surface area contributed by atoms with Gasteiger partial charge in [-0.25, -0.2) is 0 Å². The summed E-state index contributed by atoms with van der Waals surface area (Å²) in [5.41, 5.74) is 0.0634. The smallest absolute Gasteiger partial charge is 0.135 e. The Hall–Kier alpha value is -0.370. The third-order valence-corrected chi connectivity index (χ3v) is 2.90. The molecule has 1 saturated carbocycles. The Morgan fingerprint density at radius 2 is 2.30 bits per heavy atom. The molecule has 3 atom stereocenters. The summed E-state index contributed by atoms with van der Waals surface area (Å²) in [5, 5.41) is 0. The Labute approximate surface area is 60.6 Å². The number of ether oxygens (including phenoxy) is 1. The second kappa shape index (κ2) is 1.62. The normalized spacial score (nSPS) is 52.4. The maximum absolute atomic E-state index is 11.0. The molecule has 0 amide bonds. The van der Waals surface area contributed by atoms with Crippen LogP contribution in [0, 0.1) is 5.92 Å². The third-order valence-electron chi connectivity index (χ3n) is 2.90. The summed E-state index contributed by atoms with van der Waals surface area (Å²) in [6.45, 7) is 4.20. The van der Waals surface area contributed by atoms with Gasteiger partial charge in [-0.1, -0.05) is 6.92 Å². The van der Waals surface area contributed by atoms with Gasteiger partial charge in [0.25, 0.3) is 0 Å². The summed E-state index contributed by atoms with van der Waals surface area (Å²) < 4.78 is 5.43. The lowest BCUT2D eigenvalue weighted by Crippen LogP contribution is -2.29. The molecule has 2 rings (SSSR count). The fourth-order valence-corrected chi connectivity index (χ4v) is 1.78. The van der Waals surface area contributed by atoms with Gasteiger partial charge in [0, 0.05) is 12.8 Å². The lowest BCUT2D eigenvalue weighted by Gasteiger charge is -2.19. The molecule has 56 valence electrons. The summed E-state index contributed by atoms with van der Waals surface area (Å²) in [7, 11) is 0. The molecule has 0 N–H and O–H groups in total. The highest BCUT2D eigenvalue weighted by molar-refractivity contribution is 5.81. The van der Waals surface area contributed by atoms with Crippen molar-refractivity contribution in [3.63, 3.8) is 0 Å². The predicted octanol–water partition coefficient (Wildman–Crippen LogP) is 1.14. The second-order valence-electron chi connectivity index (χ2n) is 3.64. The van der Waals surface area contributed by atoms with Crippen molar-refractivity contribution >= 4 is 5.78 Å². The van der Waals surface area contributed by atoms with Gasteiger partial charge in [0.15, 0.2) is 0 Å². The molecule has 1 heterocycles. The second-order valence-corrected chi connectivity index (χ2v) is 3.64. The average molecular weight is 140 g/mol. The van der Waals surface area contributed by atoms with E-state index in [0.717, 1.165) is 0 Å². The number of ketones is 1. The lowest BCUT2D eigenvalue weighted by atomic mass is 9.81. The summed E-state index contributed by atoms with van der Waals surface area (Å²) in [5.74, 6) is 0.797. The van der Waals surface area contributed by atoms with Crippen LogP contribution < -0.4 is 0 Å². The van der Waals surface area contributed by atoms with Crippen LogP contribution in [0.1, 0.15) is 26.7 Å². The molecule has 0 aromatic heterocycles. The highest BCUT2D eigenvalue weighted by Gasteiger charge is 2.59. The first-order valence-electron chi connectivity index (χ1n) is 3.82. The van der Waals surface area contributed by atoms with Crippen LogP contribution in [0.3, 0.4) is 0 Å². The Morgan fingerprint density at radius 3 is 2.90 bits per heavy atom. The molecule has 1 saturated heterocycles. The first kappa shape index (κ1) is 6.35. The van der Waals surface area contributed by atoms with Crippen molar-refractivity contribution in [1.82, 2.24) is 0 Å². The van der Waals surface area contributed by atoms with Crippen LogP contribution in [-0.4, -0.2) is 17.5 Å². The van der Waals surface area contributed by atoms with Gasteiger partial charge in [0.05, 0.1) is 11.7 Å². The van der Waals surface area contributed by atoms with E-state index < -0.39 is 0 Å². The molecule has 2 fully saturated rings. The third kappa shape index (κ3) is 0.655. The van der Waals surface area contributed by atoms with E-state index in [1.807, 2.05) is 0 Å². The zero-order chi connectivity index (χ0) is 7.35. The molecule has 0 aromatic rings. The highest BCUT2D eigenvalue weighted by Crippen LogP contribution is 2.49. The maximum Gasteiger partial charge on any atom is 0.135 e. The van der Waals surface area contributed by atoms with E-state index in [4.69, 9.17) is 4.74 Å². The summed E-state index contributed by atoms with van der Waals surface area (Å²) in [6.07, 6.45) is 1.62.